The third-order valence-corrected chi connectivity index (χ3v) is 5.02. The molecular weight excluding hydrogens is 410 g/mol. The molecule has 0 saturated heterocycles. The van der Waals surface area contributed by atoms with E-state index in [1.807, 2.05) is 60.0 Å². The summed E-state index contributed by atoms with van der Waals surface area (Å²) in [5, 5.41) is 6.87. The number of ether oxygens (including phenoxy) is 1. The third-order valence-electron chi connectivity index (χ3n) is 3.94. The summed E-state index contributed by atoms with van der Waals surface area (Å²) < 4.78 is 4.11. The van der Waals surface area contributed by atoms with E-state index in [0.717, 1.165) is 22.2 Å². The summed E-state index contributed by atoms with van der Waals surface area (Å²) in [7, 11) is 1.35. The van der Waals surface area contributed by atoms with Gasteiger partial charge in [0, 0.05) is 33.8 Å². The topological polar surface area (TPSA) is 84.1 Å². The molecule has 0 bridgehead atoms. The van der Waals surface area contributed by atoms with Crippen LogP contribution in [0, 0.1) is 0 Å². The standard InChI is InChI=1S/C18H12ClN3OS.C3H6O2/c19-13-7-3-2-6-12(13)16-10-24-18(21-16)22-17(23)15-9-11-5-1-4-8-14(11)20-15;1-3(4)5-2/h1-10,20H,(H,21,22,23);1-2H3. The van der Waals surface area contributed by atoms with Gasteiger partial charge in [0.2, 0.25) is 0 Å². The van der Waals surface area contributed by atoms with E-state index < -0.39 is 0 Å². The number of hydrogen-bond donors (Lipinski definition) is 2. The summed E-state index contributed by atoms with van der Waals surface area (Å²) in [6.07, 6.45) is 0. The van der Waals surface area contributed by atoms with Crippen molar-refractivity contribution < 1.29 is 14.3 Å². The molecule has 0 atom stereocenters. The lowest BCUT2D eigenvalue weighted by atomic mass is 10.2. The zero-order chi connectivity index (χ0) is 20.8. The molecule has 0 radical (unpaired) electrons. The number of H-pyrrole nitrogens is 1. The molecule has 6 nitrogen and oxygen atoms in total. The quantitative estimate of drug-likeness (QED) is 0.430. The van der Waals surface area contributed by atoms with E-state index >= 15 is 0 Å². The molecule has 0 aliphatic heterocycles. The summed E-state index contributed by atoms with van der Waals surface area (Å²) in [5.74, 6) is -0.462. The average Bonchev–Trinajstić information content (AvgIpc) is 3.35. The van der Waals surface area contributed by atoms with Crippen molar-refractivity contribution in [2.75, 3.05) is 12.4 Å². The van der Waals surface area contributed by atoms with Gasteiger partial charge in [0.15, 0.2) is 5.13 Å². The number of aromatic nitrogens is 2. The van der Waals surface area contributed by atoms with Gasteiger partial charge in [-0.15, -0.1) is 11.3 Å². The fraction of sp³-hybridized carbons (Fsp3) is 0.0952. The molecule has 1 amide bonds. The van der Waals surface area contributed by atoms with Crippen LogP contribution in [0.25, 0.3) is 22.2 Å². The van der Waals surface area contributed by atoms with Crippen molar-refractivity contribution >= 4 is 50.8 Å². The van der Waals surface area contributed by atoms with E-state index in [4.69, 9.17) is 11.6 Å². The Balaban J connectivity index is 0.000000431. The summed E-state index contributed by atoms with van der Waals surface area (Å²) in [6, 6.07) is 17.1. The van der Waals surface area contributed by atoms with Crippen molar-refractivity contribution in [3.63, 3.8) is 0 Å². The number of fused-ring (bicyclic) bond motifs is 1. The molecule has 0 aliphatic carbocycles. The van der Waals surface area contributed by atoms with Gasteiger partial charge in [-0.25, -0.2) is 4.98 Å². The van der Waals surface area contributed by atoms with Gasteiger partial charge in [0.05, 0.1) is 12.8 Å². The molecule has 0 fully saturated rings. The Kier molecular flexibility index (Phi) is 6.64. The number of amides is 1. The first-order valence-corrected chi connectivity index (χ1v) is 9.87. The monoisotopic (exact) mass is 427 g/mol. The zero-order valence-corrected chi connectivity index (χ0v) is 17.3. The number of benzene rings is 2. The SMILES string of the molecule is COC(C)=O.O=C(Nc1nc(-c2ccccc2Cl)cs1)c1cc2ccccc2[nH]1. The van der Waals surface area contributed by atoms with Crippen molar-refractivity contribution in [1.29, 1.82) is 0 Å². The van der Waals surface area contributed by atoms with E-state index in [-0.39, 0.29) is 11.9 Å². The Morgan fingerprint density at radius 2 is 1.83 bits per heavy atom. The lowest BCUT2D eigenvalue weighted by Gasteiger charge is -2.00. The molecule has 2 aromatic heterocycles. The van der Waals surface area contributed by atoms with Gasteiger partial charge in [-0.05, 0) is 18.2 Å². The van der Waals surface area contributed by atoms with Gasteiger partial charge in [0.1, 0.15) is 5.69 Å². The van der Waals surface area contributed by atoms with Crippen LogP contribution in [0.1, 0.15) is 17.4 Å². The Bertz CT molecular complexity index is 1120. The number of thiazole rings is 1. The predicted molar refractivity (Wildman–Crippen MR) is 117 cm³/mol. The second-order valence-corrected chi connectivity index (χ2v) is 7.20. The zero-order valence-electron chi connectivity index (χ0n) is 15.7. The maximum absolute atomic E-state index is 12.4. The highest BCUT2D eigenvalue weighted by Crippen LogP contribution is 2.30. The second kappa shape index (κ2) is 9.36. The van der Waals surface area contributed by atoms with Gasteiger partial charge in [-0.3, -0.25) is 14.9 Å². The van der Waals surface area contributed by atoms with Crippen LogP contribution in [-0.2, 0) is 9.53 Å². The van der Waals surface area contributed by atoms with Gasteiger partial charge in [-0.1, -0.05) is 48.0 Å². The fourth-order valence-corrected chi connectivity index (χ4v) is 3.42. The van der Waals surface area contributed by atoms with Crippen LogP contribution >= 0.6 is 22.9 Å². The average molecular weight is 428 g/mol. The maximum atomic E-state index is 12.4. The largest absolute Gasteiger partial charge is 0.469 e. The van der Waals surface area contributed by atoms with Gasteiger partial charge < -0.3 is 9.72 Å². The van der Waals surface area contributed by atoms with Crippen LogP contribution < -0.4 is 5.32 Å². The third kappa shape index (κ3) is 5.22. The van der Waals surface area contributed by atoms with Crippen molar-refractivity contribution in [3.05, 3.63) is 70.7 Å². The molecule has 2 N–H and O–H groups in total. The Morgan fingerprint density at radius 1 is 1.14 bits per heavy atom. The highest BCUT2D eigenvalue weighted by molar-refractivity contribution is 7.14. The number of carbonyl (C=O) groups is 2. The number of anilines is 1. The molecule has 0 spiro atoms. The van der Waals surface area contributed by atoms with E-state index in [1.54, 1.807) is 0 Å². The molecule has 0 unspecified atom stereocenters. The van der Waals surface area contributed by atoms with E-state index in [9.17, 15) is 9.59 Å². The van der Waals surface area contributed by atoms with Crippen LogP contribution in [0.2, 0.25) is 5.02 Å². The normalized spacial score (nSPS) is 10.2. The number of nitrogens with zero attached hydrogens (tertiary/aromatic N) is 1. The number of rotatable bonds is 3. The van der Waals surface area contributed by atoms with E-state index in [1.165, 1.54) is 25.4 Å². The minimum Gasteiger partial charge on any atom is -0.469 e. The fourth-order valence-electron chi connectivity index (χ4n) is 2.48. The lowest BCUT2D eigenvalue weighted by molar-refractivity contribution is -0.137. The number of hydrogen-bond acceptors (Lipinski definition) is 5. The molecule has 8 heteroatoms. The van der Waals surface area contributed by atoms with Crippen LogP contribution in [0.3, 0.4) is 0 Å². The molecule has 148 valence electrons. The maximum Gasteiger partial charge on any atom is 0.302 e. The number of esters is 1. The molecule has 2 aromatic carbocycles. The number of para-hydroxylation sites is 1. The van der Waals surface area contributed by atoms with Crippen molar-refractivity contribution in [3.8, 4) is 11.3 Å². The van der Waals surface area contributed by atoms with Crippen LogP contribution in [0.4, 0.5) is 5.13 Å². The summed E-state index contributed by atoms with van der Waals surface area (Å²) in [5.41, 5.74) is 3.03. The van der Waals surface area contributed by atoms with Crippen molar-refractivity contribution in [2.45, 2.75) is 6.92 Å². The molecular formula is C21H18ClN3O3S. The number of carbonyl (C=O) groups excluding carboxylic acids is 2. The lowest BCUT2D eigenvalue weighted by Crippen LogP contribution is -2.11. The Labute approximate surface area is 176 Å². The number of nitrogens with one attached hydrogen (secondary N) is 2. The highest BCUT2D eigenvalue weighted by atomic mass is 35.5. The van der Waals surface area contributed by atoms with Crippen LogP contribution in [0.5, 0.6) is 0 Å². The molecule has 2 heterocycles. The summed E-state index contributed by atoms with van der Waals surface area (Å²) >= 11 is 7.55. The molecule has 0 aliphatic rings. The first-order chi connectivity index (χ1) is 14.0. The highest BCUT2D eigenvalue weighted by Gasteiger charge is 2.13. The smallest absolute Gasteiger partial charge is 0.302 e. The number of halogens is 1. The van der Waals surface area contributed by atoms with Gasteiger partial charge in [-0.2, -0.15) is 0 Å². The second-order valence-electron chi connectivity index (χ2n) is 5.94. The predicted octanol–water partition coefficient (Wildman–Crippen LogP) is 5.38. The molecule has 29 heavy (non-hydrogen) atoms. The number of aromatic amines is 1. The Hall–Kier alpha value is -3.16. The van der Waals surface area contributed by atoms with Crippen molar-refractivity contribution in [1.82, 2.24) is 9.97 Å². The van der Waals surface area contributed by atoms with Crippen LogP contribution in [-0.4, -0.2) is 29.0 Å². The first kappa shape index (κ1) is 20.6. The number of methoxy groups -OCH3 is 1. The summed E-state index contributed by atoms with van der Waals surface area (Å²) in [4.78, 5) is 29.5. The summed E-state index contributed by atoms with van der Waals surface area (Å²) in [6.45, 7) is 1.36. The first-order valence-electron chi connectivity index (χ1n) is 8.62. The minimum absolute atomic E-state index is 0.216. The molecule has 0 saturated carbocycles. The Morgan fingerprint density at radius 3 is 2.52 bits per heavy atom. The van der Waals surface area contributed by atoms with Gasteiger partial charge in [0.25, 0.3) is 5.91 Å². The van der Waals surface area contributed by atoms with Gasteiger partial charge >= 0.3 is 5.97 Å². The minimum atomic E-state index is -0.245. The molecule has 4 rings (SSSR count). The van der Waals surface area contributed by atoms with Crippen molar-refractivity contribution in [2.24, 2.45) is 0 Å². The van der Waals surface area contributed by atoms with E-state index in [0.29, 0.717) is 15.8 Å². The van der Waals surface area contributed by atoms with E-state index in [2.05, 4.69) is 20.0 Å². The van der Waals surface area contributed by atoms with Crippen LogP contribution in [0.15, 0.2) is 60.0 Å². The molecule has 4 aromatic rings.